The number of methoxy groups -OCH3 is 1. The van der Waals surface area contributed by atoms with Gasteiger partial charge in [0.05, 0.1) is 28.2 Å². The molecule has 1 amide bonds. The lowest BCUT2D eigenvalue weighted by molar-refractivity contribution is -0.141. The van der Waals surface area contributed by atoms with Crippen LogP contribution >= 0.6 is 38.6 Å². The summed E-state index contributed by atoms with van der Waals surface area (Å²) in [5.41, 5.74) is 1.02. The predicted molar refractivity (Wildman–Crippen MR) is 87.9 cm³/mol. The molecule has 0 spiro atoms. The van der Waals surface area contributed by atoms with Gasteiger partial charge in [0.15, 0.2) is 0 Å². The molecule has 112 valence electrons. The van der Waals surface area contributed by atoms with Crippen molar-refractivity contribution >= 4 is 50.5 Å². The van der Waals surface area contributed by atoms with Crippen LogP contribution in [0.1, 0.15) is 32.6 Å². The van der Waals surface area contributed by atoms with E-state index in [1.807, 2.05) is 30.5 Å². The molecule has 2 rings (SSSR count). The highest BCUT2D eigenvalue weighted by molar-refractivity contribution is 9.11. The lowest BCUT2D eigenvalue weighted by atomic mass is 10.1. The maximum atomic E-state index is 12.3. The van der Waals surface area contributed by atoms with Gasteiger partial charge in [-0.25, -0.2) is 0 Å². The Morgan fingerprint density at radius 1 is 1.48 bits per heavy atom. The molecule has 1 unspecified atom stereocenters. The number of hydrogen-bond acceptors (Lipinski definition) is 5. The number of carbonyl (C=O) groups is 2. The Balaban J connectivity index is 2.14. The van der Waals surface area contributed by atoms with Crippen molar-refractivity contribution in [3.8, 4) is 0 Å². The molecule has 2 aromatic rings. The van der Waals surface area contributed by atoms with Crippen LogP contribution in [-0.4, -0.2) is 19.0 Å². The van der Waals surface area contributed by atoms with Gasteiger partial charge in [0, 0.05) is 4.88 Å². The van der Waals surface area contributed by atoms with Gasteiger partial charge in [-0.2, -0.15) is 0 Å². The zero-order valence-corrected chi connectivity index (χ0v) is 14.7. The standard InChI is InChI=1S/C14H14BrNO3S2/c1-8-6-11(21-13(8)15)14(18)16-9(7-12(17)19-2)10-4-3-5-20-10/h3-6,9H,7H2,1-2H3,(H,16,18). The SMILES string of the molecule is COC(=O)CC(NC(=O)c1cc(C)c(Br)s1)c1cccs1. The van der Waals surface area contributed by atoms with E-state index in [1.54, 1.807) is 0 Å². The van der Waals surface area contributed by atoms with E-state index in [0.717, 1.165) is 14.2 Å². The fraction of sp³-hybridized carbons (Fsp3) is 0.286. The van der Waals surface area contributed by atoms with Crippen LogP contribution in [0.15, 0.2) is 27.4 Å². The molecule has 2 aromatic heterocycles. The summed E-state index contributed by atoms with van der Waals surface area (Å²) in [4.78, 5) is 25.4. The second kappa shape index (κ2) is 7.20. The molecule has 0 bridgehead atoms. The molecule has 0 saturated carbocycles. The molecule has 21 heavy (non-hydrogen) atoms. The third kappa shape index (κ3) is 4.15. The summed E-state index contributed by atoms with van der Waals surface area (Å²) in [6.45, 7) is 1.93. The number of aryl methyl sites for hydroxylation is 1. The molecule has 0 radical (unpaired) electrons. The van der Waals surface area contributed by atoms with Crippen LogP contribution in [0.3, 0.4) is 0 Å². The largest absolute Gasteiger partial charge is 0.469 e. The molecular formula is C14H14BrNO3S2. The van der Waals surface area contributed by atoms with Gasteiger partial charge in [-0.1, -0.05) is 6.07 Å². The molecular weight excluding hydrogens is 374 g/mol. The Hall–Kier alpha value is -1.18. The predicted octanol–water partition coefficient (Wildman–Crippen LogP) is 3.91. The van der Waals surface area contributed by atoms with E-state index in [2.05, 4.69) is 21.2 Å². The summed E-state index contributed by atoms with van der Waals surface area (Å²) in [5.74, 6) is -0.534. The van der Waals surface area contributed by atoms with Crippen LogP contribution in [0, 0.1) is 6.92 Å². The average molecular weight is 388 g/mol. The van der Waals surface area contributed by atoms with E-state index in [9.17, 15) is 9.59 Å². The van der Waals surface area contributed by atoms with Crippen LogP contribution < -0.4 is 5.32 Å². The summed E-state index contributed by atoms with van der Waals surface area (Å²) in [6.07, 6.45) is 0.119. The van der Waals surface area contributed by atoms with Crippen molar-refractivity contribution in [3.63, 3.8) is 0 Å². The van der Waals surface area contributed by atoms with Gasteiger partial charge >= 0.3 is 5.97 Å². The Kier molecular flexibility index (Phi) is 5.55. The third-order valence-corrected chi connectivity index (χ3v) is 5.99. The second-order valence-electron chi connectivity index (χ2n) is 4.39. The van der Waals surface area contributed by atoms with Crippen LogP contribution in [0.25, 0.3) is 0 Å². The molecule has 4 nitrogen and oxygen atoms in total. The Morgan fingerprint density at radius 3 is 2.76 bits per heavy atom. The van der Waals surface area contributed by atoms with Crippen molar-refractivity contribution in [2.45, 2.75) is 19.4 Å². The first kappa shape index (κ1) is 16.2. The second-order valence-corrected chi connectivity index (χ2v) is 7.74. The Bertz CT molecular complexity index is 617. The highest BCUT2D eigenvalue weighted by Gasteiger charge is 2.21. The van der Waals surface area contributed by atoms with Gasteiger partial charge in [-0.3, -0.25) is 9.59 Å². The van der Waals surface area contributed by atoms with E-state index < -0.39 is 0 Å². The molecule has 1 atom stereocenters. The molecule has 0 aliphatic heterocycles. The van der Waals surface area contributed by atoms with Crippen LogP contribution in [-0.2, 0) is 9.53 Å². The molecule has 0 fully saturated rings. The minimum Gasteiger partial charge on any atom is -0.469 e. The van der Waals surface area contributed by atoms with Crippen LogP contribution in [0.5, 0.6) is 0 Å². The first-order chi connectivity index (χ1) is 10.0. The maximum Gasteiger partial charge on any atom is 0.307 e. The van der Waals surface area contributed by atoms with E-state index >= 15 is 0 Å². The Morgan fingerprint density at radius 2 is 2.24 bits per heavy atom. The normalized spacial score (nSPS) is 12.0. The van der Waals surface area contributed by atoms with Crippen molar-refractivity contribution < 1.29 is 14.3 Å². The number of carbonyl (C=O) groups excluding carboxylic acids is 2. The monoisotopic (exact) mass is 387 g/mol. The smallest absolute Gasteiger partial charge is 0.307 e. The Labute approximate surface area is 139 Å². The summed E-state index contributed by atoms with van der Waals surface area (Å²) < 4.78 is 5.64. The van der Waals surface area contributed by atoms with Gasteiger partial charge in [-0.15, -0.1) is 22.7 Å². The number of halogens is 1. The number of rotatable bonds is 5. The van der Waals surface area contributed by atoms with Gasteiger partial charge in [0.25, 0.3) is 5.91 Å². The lowest BCUT2D eigenvalue weighted by Gasteiger charge is -2.15. The van der Waals surface area contributed by atoms with E-state index in [4.69, 9.17) is 4.74 Å². The van der Waals surface area contributed by atoms with Gasteiger partial charge in [0.1, 0.15) is 0 Å². The first-order valence-electron chi connectivity index (χ1n) is 6.18. The number of ether oxygens (including phenoxy) is 1. The number of hydrogen-bond donors (Lipinski definition) is 1. The zero-order valence-electron chi connectivity index (χ0n) is 11.5. The van der Waals surface area contributed by atoms with E-state index in [0.29, 0.717) is 4.88 Å². The van der Waals surface area contributed by atoms with Crippen LogP contribution in [0.2, 0.25) is 0 Å². The minimum absolute atomic E-state index is 0.119. The third-order valence-electron chi connectivity index (χ3n) is 2.87. The number of esters is 1. The maximum absolute atomic E-state index is 12.3. The molecule has 0 saturated heterocycles. The summed E-state index contributed by atoms with van der Waals surface area (Å²) in [5, 5.41) is 4.82. The van der Waals surface area contributed by atoms with Gasteiger partial charge in [-0.05, 0) is 45.9 Å². The average Bonchev–Trinajstić information content (AvgIpc) is 3.09. The van der Waals surface area contributed by atoms with E-state index in [1.165, 1.54) is 29.8 Å². The zero-order chi connectivity index (χ0) is 15.4. The summed E-state index contributed by atoms with van der Waals surface area (Å²) >= 11 is 6.29. The van der Waals surface area contributed by atoms with Crippen LogP contribution in [0.4, 0.5) is 0 Å². The number of amides is 1. The van der Waals surface area contributed by atoms with Crippen molar-refractivity contribution in [1.82, 2.24) is 5.32 Å². The molecule has 0 aliphatic rings. The molecule has 0 aromatic carbocycles. The minimum atomic E-state index is -0.369. The van der Waals surface area contributed by atoms with Crippen molar-refractivity contribution in [2.75, 3.05) is 7.11 Å². The highest BCUT2D eigenvalue weighted by atomic mass is 79.9. The van der Waals surface area contributed by atoms with Crippen molar-refractivity contribution in [3.05, 3.63) is 42.7 Å². The topological polar surface area (TPSA) is 55.4 Å². The lowest BCUT2D eigenvalue weighted by Crippen LogP contribution is -2.29. The number of thiophene rings is 2. The molecule has 0 aliphatic carbocycles. The van der Waals surface area contributed by atoms with Gasteiger partial charge < -0.3 is 10.1 Å². The summed E-state index contributed by atoms with van der Waals surface area (Å²) in [7, 11) is 1.34. The van der Waals surface area contributed by atoms with Crippen molar-refractivity contribution in [1.29, 1.82) is 0 Å². The first-order valence-corrected chi connectivity index (χ1v) is 8.67. The fourth-order valence-electron chi connectivity index (χ4n) is 1.76. The fourth-order valence-corrected chi connectivity index (χ4v) is 3.98. The number of nitrogens with one attached hydrogen (secondary N) is 1. The molecule has 7 heteroatoms. The van der Waals surface area contributed by atoms with Crippen molar-refractivity contribution in [2.24, 2.45) is 0 Å². The highest BCUT2D eigenvalue weighted by Crippen LogP contribution is 2.28. The molecule has 2 heterocycles. The van der Waals surface area contributed by atoms with E-state index in [-0.39, 0.29) is 24.3 Å². The van der Waals surface area contributed by atoms with Gasteiger partial charge in [0.2, 0.25) is 0 Å². The molecule has 1 N–H and O–H groups in total. The summed E-state index contributed by atoms with van der Waals surface area (Å²) in [6, 6.07) is 5.25. The quantitative estimate of drug-likeness (QED) is 0.791.